The smallest absolute Gasteiger partial charge is 0.214 e. The van der Waals surface area contributed by atoms with Gasteiger partial charge in [0.2, 0.25) is 10.0 Å². The predicted octanol–water partition coefficient (Wildman–Crippen LogP) is -0.533. The van der Waals surface area contributed by atoms with E-state index in [-0.39, 0.29) is 19.0 Å². The van der Waals surface area contributed by atoms with Crippen molar-refractivity contribution < 1.29 is 18.3 Å². The molecule has 0 spiro atoms. The predicted molar refractivity (Wildman–Crippen MR) is 52.5 cm³/mol. The molecule has 0 bridgehead atoms. The number of ether oxygens (including phenoxy) is 1. The average Bonchev–Trinajstić information content (AvgIpc) is 2.85. The molecule has 1 fully saturated rings. The molecule has 0 aromatic carbocycles. The Morgan fingerprint density at radius 3 is 2.57 bits per heavy atom. The summed E-state index contributed by atoms with van der Waals surface area (Å²) < 4.78 is 30.3. The summed E-state index contributed by atoms with van der Waals surface area (Å²) in [7, 11) is -3.30. The lowest BCUT2D eigenvalue weighted by atomic mass is 10.3. The van der Waals surface area contributed by atoms with Gasteiger partial charge in [-0.05, 0) is 19.8 Å². The summed E-state index contributed by atoms with van der Waals surface area (Å²) in [6.07, 6.45) is 1.44. The zero-order valence-electron chi connectivity index (χ0n) is 8.32. The molecular weight excluding hydrogens is 206 g/mol. The summed E-state index contributed by atoms with van der Waals surface area (Å²) in [6.45, 7) is 2.41. The van der Waals surface area contributed by atoms with Crippen molar-refractivity contribution >= 4 is 10.0 Å². The monoisotopic (exact) mass is 223 g/mol. The second-order valence-corrected chi connectivity index (χ2v) is 5.40. The van der Waals surface area contributed by atoms with E-state index < -0.39 is 15.6 Å². The lowest BCUT2D eigenvalue weighted by molar-refractivity contribution is 0.163. The van der Waals surface area contributed by atoms with Crippen LogP contribution in [0.5, 0.6) is 0 Å². The molecule has 0 heterocycles. The zero-order chi connectivity index (χ0) is 10.7. The molecular formula is C8H17NO4S. The number of aliphatic hydroxyl groups is 1. The molecule has 1 saturated carbocycles. The minimum atomic E-state index is -3.30. The summed E-state index contributed by atoms with van der Waals surface area (Å²) in [6, 6.07) is 0. The highest BCUT2D eigenvalue weighted by Gasteiger charge is 2.45. The first kappa shape index (κ1) is 11.9. The van der Waals surface area contributed by atoms with Gasteiger partial charge in [0.25, 0.3) is 0 Å². The van der Waals surface area contributed by atoms with Crippen LogP contribution in [0.3, 0.4) is 0 Å². The summed E-state index contributed by atoms with van der Waals surface area (Å²) in [5, 5.41) is 8.93. The van der Waals surface area contributed by atoms with Gasteiger partial charge in [0, 0.05) is 6.61 Å². The molecule has 5 nitrogen and oxygen atoms in total. The fourth-order valence-corrected chi connectivity index (χ4v) is 2.50. The summed E-state index contributed by atoms with van der Waals surface area (Å²) in [5.74, 6) is -0.0391. The van der Waals surface area contributed by atoms with E-state index in [1.165, 1.54) is 0 Å². The van der Waals surface area contributed by atoms with Crippen LogP contribution in [0.2, 0.25) is 0 Å². The van der Waals surface area contributed by atoms with Gasteiger partial charge in [-0.3, -0.25) is 0 Å². The Hall–Kier alpha value is -0.170. The molecule has 1 rings (SSSR count). The Morgan fingerprint density at radius 1 is 1.50 bits per heavy atom. The fraction of sp³-hybridized carbons (Fsp3) is 1.00. The molecule has 0 aromatic rings. The van der Waals surface area contributed by atoms with Crippen LogP contribution in [0.15, 0.2) is 0 Å². The van der Waals surface area contributed by atoms with Crippen LogP contribution in [0.25, 0.3) is 0 Å². The highest BCUT2D eigenvalue weighted by atomic mass is 32.2. The van der Waals surface area contributed by atoms with E-state index in [0.717, 1.165) is 12.8 Å². The second-order valence-electron chi connectivity index (χ2n) is 3.56. The lowest BCUT2D eigenvalue weighted by Crippen LogP contribution is -2.41. The Labute approximate surface area is 84.5 Å². The van der Waals surface area contributed by atoms with Crippen LogP contribution in [-0.2, 0) is 14.8 Å². The van der Waals surface area contributed by atoms with Gasteiger partial charge < -0.3 is 9.84 Å². The first-order valence-electron chi connectivity index (χ1n) is 4.74. The number of nitrogens with one attached hydrogen (secondary N) is 1. The Balaban J connectivity index is 2.34. The van der Waals surface area contributed by atoms with Gasteiger partial charge in [0.15, 0.2) is 0 Å². The zero-order valence-corrected chi connectivity index (χ0v) is 9.14. The molecule has 0 saturated heterocycles. The van der Waals surface area contributed by atoms with Crippen molar-refractivity contribution in [2.75, 3.05) is 25.6 Å². The third-order valence-corrected chi connectivity index (χ3v) is 3.68. The van der Waals surface area contributed by atoms with E-state index in [4.69, 9.17) is 9.84 Å². The van der Waals surface area contributed by atoms with E-state index >= 15 is 0 Å². The molecule has 0 atom stereocenters. The van der Waals surface area contributed by atoms with Gasteiger partial charge in [0.05, 0.1) is 24.5 Å². The van der Waals surface area contributed by atoms with Crippen LogP contribution in [0.4, 0.5) is 0 Å². The summed E-state index contributed by atoms with van der Waals surface area (Å²) >= 11 is 0. The number of aliphatic hydroxyl groups excluding tert-OH is 1. The SMILES string of the molecule is CCOCCS(=O)(=O)NC1(CO)CC1. The van der Waals surface area contributed by atoms with Crippen molar-refractivity contribution in [2.24, 2.45) is 0 Å². The summed E-state index contributed by atoms with van der Waals surface area (Å²) in [4.78, 5) is 0. The number of rotatable bonds is 7. The molecule has 0 amide bonds. The fourth-order valence-electron chi connectivity index (χ4n) is 1.14. The van der Waals surface area contributed by atoms with E-state index in [1.807, 2.05) is 6.92 Å². The topological polar surface area (TPSA) is 75.6 Å². The molecule has 6 heteroatoms. The minimum absolute atomic E-state index is 0.0391. The minimum Gasteiger partial charge on any atom is -0.394 e. The normalized spacial score (nSPS) is 19.6. The average molecular weight is 223 g/mol. The quantitative estimate of drug-likeness (QED) is 0.569. The van der Waals surface area contributed by atoms with Crippen LogP contribution in [-0.4, -0.2) is 44.6 Å². The van der Waals surface area contributed by atoms with Gasteiger partial charge >= 0.3 is 0 Å². The van der Waals surface area contributed by atoms with E-state index in [0.29, 0.717) is 6.61 Å². The van der Waals surface area contributed by atoms with Crippen molar-refractivity contribution in [1.29, 1.82) is 0 Å². The summed E-state index contributed by atoms with van der Waals surface area (Å²) in [5.41, 5.74) is -0.564. The van der Waals surface area contributed by atoms with Crippen molar-refractivity contribution in [3.05, 3.63) is 0 Å². The van der Waals surface area contributed by atoms with Gasteiger partial charge in [-0.15, -0.1) is 0 Å². The molecule has 0 unspecified atom stereocenters. The van der Waals surface area contributed by atoms with Gasteiger partial charge in [-0.1, -0.05) is 0 Å². The van der Waals surface area contributed by atoms with Crippen molar-refractivity contribution in [3.8, 4) is 0 Å². The van der Waals surface area contributed by atoms with Crippen LogP contribution < -0.4 is 4.72 Å². The van der Waals surface area contributed by atoms with E-state index in [9.17, 15) is 8.42 Å². The highest BCUT2D eigenvalue weighted by molar-refractivity contribution is 7.89. The molecule has 1 aliphatic rings. The van der Waals surface area contributed by atoms with E-state index in [1.54, 1.807) is 0 Å². The highest BCUT2D eigenvalue weighted by Crippen LogP contribution is 2.35. The maximum Gasteiger partial charge on any atom is 0.214 e. The maximum absolute atomic E-state index is 11.4. The lowest BCUT2D eigenvalue weighted by Gasteiger charge is -2.14. The van der Waals surface area contributed by atoms with Crippen LogP contribution in [0.1, 0.15) is 19.8 Å². The standard InChI is InChI=1S/C8H17NO4S/c1-2-13-5-6-14(11,12)9-8(7-10)3-4-8/h9-10H,2-7H2,1H3. The molecule has 84 valence electrons. The Kier molecular flexibility index (Phi) is 3.88. The van der Waals surface area contributed by atoms with Crippen LogP contribution in [0, 0.1) is 0 Å². The van der Waals surface area contributed by atoms with Crippen molar-refractivity contribution in [2.45, 2.75) is 25.3 Å². The number of hydrogen-bond acceptors (Lipinski definition) is 4. The molecule has 1 aliphatic carbocycles. The third-order valence-electron chi connectivity index (χ3n) is 2.23. The Morgan fingerprint density at radius 2 is 2.14 bits per heavy atom. The molecule has 0 aliphatic heterocycles. The third kappa shape index (κ3) is 3.53. The molecule has 2 N–H and O–H groups in total. The largest absolute Gasteiger partial charge is 0.394 e. The van der Waals surface area contributed by atoms with Crippen molar-refractivity contribution in [1.82, 2.24) is 4.72 Å². The van der Waals surface area contributed by atoms with Gasteiger partial charge in [-0.2, -0.15) is 0 Å². The first-order chi connectivity index (χ1) is 6.54. The van der Waals surface area contributed by atoms with Crippen molar-refractivity contribution in [3.63, 3.8) is 0 Å². The van der Waals surface area contributed by atoms with Crippen LogP contribution >= 0.6 is 0 Å². The number of hydrogen-bond donors (Lipinski definition) is 2. The first-order valence-corrected chi connectivity index (χ1v) is 6.39. The molecule has 0 aromatic heterocycles. The second kappa shape index (κ2) is 4.57. The maximum atomic E-state index is 11.4. The Bertz CT molecular complexity index is 271. The van der Waals surface area contributed by atoms with Gasteiger partial charge in [-0.25, -0.2) is 13.1 Å². The molecule has 0 radical (unpaired) electrons. The molecule has 14 heavy (non-hydrogen) atoms. The van der Waals surface area contributed by atoms with Gasteiger partial charge in [0.1, 0.15) is 0 Å². The van der Waals surface area contributed by atoms with E-state index in [2.05, 4.69) is 4.72 Å². The number of sulfonamides is 1.